The fraction of sp³-hybridized carbons (Fsp3) is 0. The summed E-state index contributed by atoms with van der Waals surface area (Å²) in [5.74, 6) is 0. The number of aromatic nitrogens is 6. The highest BCUT2D eigenvalue weighted by Crippen LogP contribution is 2.55. The molecule has 0 aliphatic carbocycles. The van der Waals surface area contributed by atoms with Crippen LogP contribution in [0.1, 0.15) is 0 Å². The number of rotatable bonds is 4. The van der Waals surface area contributed by atoms with Gasteiger partial charge < -0.3 is 27.1 Å². The van der Waals surface area contributed by atoms with E-state index < -0.39 is 0 Å². The van der Waals surface area contributed by atoms with E-state index in [1.807, 2.05) is 0 Å². The van der Waals surface area contributed by atoms with Gasteiger partial charge in [0, 0.05) is 120 Å². The standard InChI is InChI=1S/C96H54N6/c1-2-24-60-59(23-1)61-25-3-5-35-71(61)89-90(72-36-6-4-26-62(60)72)96-92(78-54-58(100-85-43-21-13-33-69(85)70-34-14-22-44-86(70)100)52-76-74-50-56(46-48-88(74)102(96)94(76)78)98-81-39-17-9-29-65(81)66-30-10-18-40-82(66)98)91-77-53-57(99-83-41-19-11-31-67(83)68-32-12-20-42-84(68)99)51-75-73-49-55(45-47-87(73)101(93(75)77)95(89)91)97-79-37-15-7-27-63(79)64-28-8-16-38-80(64)97/h1-54H. The molecular weight excluding hydrogens is 1240 g/mol. The van der Waals surface area contributed by atoms with Crippen molar-refractivity contribution >= 4 is 207 Å². The van der Waals surface area contributed by atoms with Crippen molar-refractivity contribution in [1.29, 1.82) is 0 Å². The summed E-state index contributed by atoms with van der Waals surface area (Å²) in [5, 5.41) is 29.3. The Morgan fingerprint density at radius 2 is 0.333 bits per heavy atom. The van der Waals surface area contributed by atoms with Gasteiger partial charge in [-0.05, 0) is 142 Å². The largest absolute Gasteiger partial charge is 0.309 e. The maximum atomic E-state index is 2.71. The van der Waals surface area contributed by atoms with Crippen LogP contribution < -0.4 is 0 Å². The van der Waals surface area contributed by atoms with Gasteiger partial charge in [0.25, 0.3) is 0 Å². The number of hydrogen-bond acceptors (Lipinski definition) is 0. The van der Waals surface area contributed by atoms with Crippen LogP contribution in [0, 0.1) is 0 Å². The highest BCUT2D eigenvalue weighted by atomic mass is 15.0. The molecule has 0 saturated carbocycles. The number of benzene rings is 16. The molecule has 17 aromatic carbocycles. The third-order valence-electron chi connectivity index (χ3n) is 23.3. The predicted octanol–water partition coefficient (Wildman–Crippen LogP) is 25.6. The van der Waals surface area contributed by atoms with E-state index in [-0.39, 0.29) is 0 Å². The first-order chi connectivity index (χ1) is 50.7. The van der Waals surface area contributed by atoms with Gasteiger partial charge in [0.05, 0.1) is 77.2 Å². The maximum Gasteiger partial charge on any atom is 0.0634 e. The summed E-state index contributed by atoms with van der Waals surface area (Å²) in [5.41, 5.74) is 21.1. The second-order valence-electron chi connectivity index (χ2n) is 28.2. The molecule has 25 aromatic rings. The molecule has 0 saturated heterocycles. The van der Waals surface area contributed by atoms with E-state index in [0.717, 1.165) is 33.8 Å². The summed E-state index contributed by atoms with van der Waals surface area (Å²) in [6, 6.07) is 124. The molecule has 0 spiro atoms. The topological polar surface area (TPSA) is 28.5 Å². The van der Waals surface area contributed by atoms with Crippen LogP contribution in [-0.2, 0) is 0 Å². The maximum absolute atomic E-state index is 2.71. The minimum Gasteiger partial charge on any atom is -0.309 e. The predicted molar refractivity (Wildman–Crippen MR) is 432 cm³/mol. The SMILES string of the molecule is c1ccc2c(c1)c1ccccc1c1c(c3ccccc23)c2c(c3cc(-n4c5ccccc5c5ccccc54)cc4c5cc(-n6c7ccccc7c7ccccc76)ccc5n2c43)c2c3cc(-n4c5ccccc5c5ccccc54)cc4c5cc(-n6c7ccccc7c7ccccc76)ccc5n(c43)c12. The van der Waals surface area contributed by atoms with Crippen LogP contribution in [0.5, 0.6) is 0 Å². The van der Waals surface area contributed by atoms with E-state index in [1.54, 1.807) is 0 Å². The van der Waals surface area contributed by atoms with E-state index in [4.69, 9.17) is 0 Å². The molecule has 0 aliphatic rings. The highest BCUT2D eigenvalue weighted by Gasteiger charge is 2.32. The zero-order valence-electron chi connectivity index (χ0n) is 54.9. The molecule has 6 heteroatoms. The first-order valence-electron chi connectivity index (χ1n) is 35.4. The Morgan fingerprint density at radius 3 is 0.618 bits per heavy atom. The van der Waals surface area contributed by atoms with Gasteiger partial charge in [-0.15, -0.1) is 0 Å². The van der Waals surface area contributed by atoms with Crippen LogP contribution in [0.2, 0.25) is 0 Å². The summed E-state index contributed by atoms with van der Waals surface area (Å²) in [4.78, 5) is 0. The molecule has 25 rings (SSSR count). The van der Waals surface area contributed by atoms with E-state index in [0.29, 0.717) is 0 Å². The smallest absolute Gasteiger partial charge is 0.0634 e. The average Bonchev–Trinajstić information content (AvgIpc) is 1.48. The molecule has 0 amide bonds. The van der Waals surface area contributed by atoms with Gasteiger partial charge in [-0.25, -0.2) is 0 Å². The van der Waals surface area contributed by atoms with Gasteiger partial charge in [-0.3, -0.25) is 0 Å². The number of para-hydroxylation sites is 8. The van der Waals surface area contributed by atoms with Gasteiger partial charge in [-0.1, -0.05) is 218 Å². The fourth-order valence-electron chi connectivity index (χ4n) is 19.5. The molecule has 8 aromatic heterocycles. The van der Waals surface area contributed by atoms with Crippen molar-refractivity contribution in [2.45, 2.75) is 0 Å². The van der Waals surface area contributed by atoms with Gasteiger partial charge in [0.1, 0.15) is 0 Å². The lowest BCUT2D eigenvalue weighted by Crippen LogP contribution is -1.95. The molecule has 102 heavy (non-hydrogen) atoms. The van der Waals surface area contributed by atoms with E-state index in [9.17, 15) is 0 Å². The minimum absolute atomic E-state index is 1.12. The second kappa shape index (κ2) is 19.2. The van der Waals surface area contributed by atoms with Crippen molar-refractivity contribution in [1.82, 2.24) is 27.1 Å². The molecule has 8 heterocycles. The van der Waals surface area contributed by atoms with Crippen LogP contribution in [0.15, 0.2) is 328 Å². The van der Waals surface area contributed by atoms with Crippen LogP contribution >= 0.6 is 0 Å². The Balaban J connectivity index is 0.958. The first kappa shape index (κ1) is 53.4. The lowest BCUT2D eigenvalue weighted by atomic mass is 9.90. The summed E-state index contributed by atoms with van der Waals surface area (Å²) in [6.45, 7) is 0. The summed E-state index contributed by atoms with van der Waals surface area (Å²) in [6.07, 6.45) is 0. The lowest BCUT2D eigenvalue weighted by molar-refractivity contribution is 1.18. The number of nitrogens with zero attached hydrogens (tertiary/aromatic N) is 6. The molecule has 0 N–H and O–H groups in total. The van der Waals surface area contributed by atoms with Crippen molar-refractivity contribution in [2.75, 3.05) is 0 Å². The molecule has 468 valence electrons. The molecule has 0 atom stereocenters. The molecule has 0 unspecified atom stereocenters. The third-order valence-corrected chi connectivity index (χ3v) is 23.3. The first-order valence-corrected chi connectivity index (χ1v) is 35.4. The van der Waals surface area contributed by atoms with Crippen molar-refractivity contribution < 1.29 is 0 Å². The monoisotopic (exact) mass is 1290 g/mol. The van der Waals surface area contributed by atoms with Crippen LogP contribution in [0.4, 0.5) is 0 Å². The molecule has 0 aliphatic heterocycles. The molecule has 0 fully saturated rings. The van der Waals surface area contributed by atoms with Crippen molar-refractivity contribution in [3.8, 4) is 22.7 Å². The number of fused-ring (bicyclic) bond motifs is 35. The molecule has 0 bridgehead atoms. The molecular formula is C96H54N6. The van der Waals surface area contributed by atoms with Crippen molar-refractivity contribution in [3.63, 3.8) is 0 Å². The zero-order valence-corrected chi connectivity index (χ0v) is 54.9. The van der Waals surface area contributed by atoms with Gasteiger partial charge in [0.2, 0.25) is 0 Å². The van der Waals surface area contributed by atoms with Crippen LogP contribution in [-0.4, -0.2) is 27.1 Å². The van der Waals surface area contributed by atoms with Crippen molar-refractivity contribution in [2.24, 2.45) is 0 Å². The normalized spacial score (nSPS) is 12.7. The average molecular weight is 1290 g/mol. The van der Waals surface area contributed by atoms with Gasteiger partial charge >= 0.3 is 0 Å². The minimum atomic E-state index is 1.12. The lowest BCUT2D eigenvalue weighted by Gasteiger charge is -2.15. The Labute approximate surface area is 580 Å². The summed E-state index contributed by atoms with van der Waals surface area (Å²) in [7, 11) is 0. The van der Waals surface area contributed by atoms with Crippen LogP contribution in [0.3, 0.4) is 0 Å². The Kier molecular flexibility index (Phi) is 10.0. The van der Waals surface area contributed by atoms with Gasteiger partial charge in [0.15, 0.2) is 0 Å². The number of hydrogen-bond donors (Lipinski definition) is 0. The van der Waals surface area contributed by atoms with Crippen molar-refractivity contribution in [3.05, 3.63) is 328 Å². The summed E-state index contributed by atoms with van der Waals surface area (Å²) < 4.78 is 15.5. The van der Waals surface area contributed by atoms with E-state index in [1.165, 1.54) is 195 Å². The zero-order chi connectivity index (χ0) is 65.9. The Morgan fingerprint density at radius 1 is 0.127 bits per heavy atom. The molecule has 0 radical (unpaired) electrons. The van der Waals surface area contributed by atoms with E-state index in [2.05, 4.69) is 355 Å². The summed E-state index contributed by atoms with van der Waals surface area (Å²) >= 11 is 0. The second-order valence-corrected chi connectivity index (χ2v) is 28.2. The van der Waals surface area contributed by atoms with Crippen LogP contribution in [0.25, 0.3) is 229 Å². The third kappa shape index (κ3) is 6.57. The quantitative estimate of drug-likeness (QED) is 0.168. The van der Waals surface area contributed by atoms with E-state index >= 15 is 0 Å². The Hall–Kier alpha value is -13.7. The highest BCUT2D eigenvalue weighted by molar-refractivity contribution is 6.47. The molecule has 6 nitrogen and oxygen atoms in total. The fourth-order valence-corrected chi connectivity index (χ4v) is 19.5. The van der Waals surface area contributed by atoms with Gasteiger partial charge in [-0.2, -0.15) is 0 Å². The Bertz CT molecular complexity index is 7450.